The van der Waals surface area contributed by atoms with Gasteiger partial charge in [-0.05, 0) is 22.4 Å². The van der Waals surface area contributed by atoms with E-state index in [0.29, 0.717) is 10.3 Å². The molecule has 0 aliphatic heterocycles. The van der Waals surface area contributed by atoms with Crippen molar-refractivity contribution in [2.24, 2.45) is 0 Å². The Kier molecular flexibility index (Phi) is 4.82. The lowest BCUT2D eigenvalue weighted by atomic mass is 10.2. The van der Waals surface area contributed by atoms with Crippen LogP contribution in [0.3, 0.4) is 0 Å². The highest BCUT2D eigenvalue weighted by atomic mass is 31.1. The lowest BCUT2D eigenvalue weighted by Crippen LogP contribution is -2.26. The molecule has 0 saturated heterocycles. The van der Waals surface area contributed by atoms with Crippen molar-refractivity contribution in [3.05, 3.63) is 36.0 Å². The van der Waals surface area contributed by atoms with Gasteiger partial charge in [0.05, 0.1) is 7.11 Å². The molecule has 3 heteroatoms. The number of methoxy groups -OCH3 is 1. The molecule has 0 N–H and O–H groups in total. The molecular formula is C19H28NOP. The summed E-state index contributed by atoms with van der Waals surface area (Å²) in [6.07, 6.45) is 1.05. The summed E-state index contributed by atoms with van der Waals surface area (Å²) in [7, 11) is 1.52. The number of pyridine rings is 1. The summed E-state index contributed by atoms with van der Waals surface area (Å²) in [5.74, 6) is 0.857. The number of rotatable bonds is 3. The number of fused-ring (bicyclic) bond motifs is 1. The highest BCUT2D eigenvalue weighted by Gasteiger charge is 2.34. The van der Waals surface area contributed by atoms with Crippen molar-refractivity contribution in [1.29, 1.82) is 0 Å². The molecule has 0 bridgehead atoms. The minimum absolute atomic E-state index is 0.192. The van der Waals surface area contributed by atoms with Crippen molar-refractivity contribution in [3.8, 4) is 5.75 Å². The van der Waals surface area contributed by atoms with Gasteiger partial charge in [-0.3, -0.25) is 0 Å². The summed E-state index contributed by atoms with van der Waals surface area (Å²) >= 11 is 0. The Bertz CT molecular complexity index is 639. The SMILES string of the molecule is COc1cccc2ccc(CP(C(C)(C)C)C(C)(C)C)nc12. The van der Waals surface area contributed by atoms with E-state index in [-0.39, 0.29) is 7.92 Å². The van der Waals surface area contributed by atoms with E-state index in [1.54, 1.807) is 7.11 Å². The van der Waals surface area contributed by atoms with E-state index in [0.717, 1.165) is 22.8 Å². The van der Waals surface area contributed by atoms with Gasteiger partial charge in [0.1, 0.15) is 11.3 Å². The number of hydrogen-bond donors (Lipinski definition) is 0. The molecule has 22 heavy (non-hydrogen) atoms. The maximum absolute atomic E-state index is 5.46. The first-order valence-corrected chi connectivity index (χ1v) is 9.36. The van der Waals surface area contributed by atoms with Gasteiger partial charge in [0.2, 0.25) is 0 Å². The lowest BCUT2D eigenvalue weighted by molar-refractivity contribution is 0.419. The summed E-state index contributed by atoms with van der Waals surface area (Å²) in [6, 6.07) is 10.4. The second-order valence-corrected chi connectivity index (χ2v) is 11.6. The molecule has 0 unspecified atom stereocenters. The second-order valence-electron chi connectivity index (χ2n) is 7.76. The van der Waals surface area contributed by atoms with Gasteiger partial charge in [0.25, 0.3) is 0 Å². The van der Waals surface area contributed by atoms with Gasteiger partial charge in [0, 0.05) is 17.2 Å². The third kappa shape index (κ3) is 3.79. The van der Waals surface area contributed by atoms with Crippen molar-refractivity contribution < 1.29 is 4.74 Å². The number of benzene rings is 1. The van der Waals surface area contributed by atoms with Crippen LogP contribution in [0, 0.1) is 0 Å². The van der Waals surface area contributed by atoms with E-state index < -0.39 is 0 Å². The molecule has 120 valence electrons. The maximum Gasteiger partial charge on any atom is 0.145 e. The van der Waals surface area contributed by atoms with E-state index >= 15 is 0 Å². The van der Waals surface area contributed by atoms with Crippen LogP contribution < -0.4 is 4.74 Å². The van der Waals surface area contributed by atoms with Gasteiger partial charge in [-0.1, -0.05) is 67.7 Å². The first-order chi connectivity index (χ1) is 10.1. The smallest absolute Gasteiger partial charge is 0.145 e. The quantitative estimate of drug-likeness (QED) is 0.665. The summed E-state index contributed by atoms with van der Waals surface area (Å²) < 4.78 is 5.46. The van der Waals surface area contributed by atoms with E-state index in [4.69, 9.17) is 9.72 Å². The fourth-order valence-corrected chi connectivity index (χ4v) is 6.52. The molecule has 1 aromatic heterocycles. The van der Waals surface area contributed by atoms with Crippen molar-refractivity contribution >= 4 is 18.8 Å². The normalized spacial score (nSPS) is 12.9. The predicted octanol–water partition coefficient (Wildman–Crippen LogP) is 5.82. The standard InChI is InChI=1S/C19H28NOP/c1-18(2,3)22(19(4,5)6)13-15-12-11-14-9-8-10-16(21-7)17(14)20-15/h8-12H,13H2,1-7H3. The predicted molar refractivity (Wildman–Crippen MR) is 98.4 cm³/mol. The summed E-state index contributed by atoms with van der Waals surface area (Å²) in [4.78, 5) is 4.90. The zero-order valence-corrected chi connectivity index (χ0v) is 15.8. The molecule has 0 amide bonds. The topological polar surface area (TPSA) is 22.1 Å². The van der Waals surface area contributed by atoms with E-state index in [9.17, 15) is 0 Å². The molecule has 0 aliphatic rings. The first-order valence-electron chi connectivity index (χ1n) is 7.83. The maximum atomic E-state index is 5.46. The lowest BCUT2D eigenvalue weighted by Gasteiger charge is -2.41. The molecular weight excluding hydrogens is 289 g/mol. The minimum Gasteiger partial charge on any atom is -0.494 e. The van der Waals surface area contributed by atoms with Gasteiger partial charge >= 0.3 is 0 Å². The number of nitrogens with zero attached hydrogens (tertiary/aromatic N) is 1. The first kappa shape index (κ1) is 17.2. The molecule has 0 fully saturated rings. The van der Waals surface area contributed by atoms with Gasteiger partial charge in [-0.2, -0.15) is 0 Å². The molecule has 0 saturated carbocycles. The molecule has 2 rings (SSSR count). The van der Waals surface area contributed by atoms with E-state index in [2.05, 4.69) is 59.7 Å². The average molecular weight is 317 g/mol. The number of ether oxygens (including phenoxy) is 1. The molecule has 0 spiro atoms. The summed E-state index contributed by atoms with van der Waals surface area (Å²) in [5.41, 5.74) is 2.15. The number of para-hydroxylation sites is 1. The second kappa shape index (κ2) is 6.16. The van der Waals surface area contributed by atoms with Crippen LogP contribution in [0.4, 0.5) is 0 Å². The van der Waals surface area contributed by atoms with E-state index in [1.807, 2.05) is 12.1 Å². The number of aromatic nitrogens is 1. The highest BCUT2D eigenvalue weighted by molar-refractivity contribution is 7.60. The van der Waals surface area contributed by atoms with Crippen molar-refractivity contribution in [2.75, 3.05) is 7.11 Å². The number of hydrogen-bond acceptors (Lipinski definition) is 2. The van der Waals surface area contributed by atoms with Crippen molar-refractivity contribution in [1.82, 2.24) is 4.98 Å². The molecule has 0 radical (unpaired) electrons. The zero-order valence-electron chi connectivity index (χ0n) is 14.9. The monoisotopic (exact) mass is 317 g/mol. The van der Waals surface area contributed by atoms with Crippen LogP contribution in [-0.2, 0) is 6.16 Å². The third-order valence-corrected chi connectivity index (χ3v) is 7.78. The van der Waals surface area contributed by atoms with Crippen LogP contribution in [0.15, 0.2) is 30.3 Å². The Morgan fingerprint density at radius 3 is 2.14 bits per heavy atom. The Morgan fingerprint density at radius 2 is 1.59 bits per heavy atom. The highest BCUT2D eigenvalue weighted by Crippen LogP contribution is 2.61. The van der Waals surface area contributed by atoms with Gasteiger partial charge < -0.3 is 4.74 Å². The fraction of sp³-hybridized carbons (Fsp3) is 0.526. The Morgan fingerprint density at radius 1 is 0.955 bits per heavy atom. The van der Waals surface area contributed by atoms with Crippen LogP contribution in [-0.4, -0.2) is 22.4 Å². The van der Waals surface area contributed by atoms with Gasteiger partial charge in [-0.15, -0.1) is 0 Å². The van der Waals surface area contributed by atoms with Gasteiger partial charge in [0.15, 0.2) is 0 Å². The molecule has 2 nitrogen and oxygen atoms in total. The van der Waals surface area contributed by atoms with Crippen LogP contribution in [0.5, 0.6) is 5.75 Å². The zero-order chi connectivity index (χ0) is 16.5. The molecule has 1 aromatic carbocycles. The van der Waals surface area contributed by atoms with E-state index in [1.165, 1.54) is 5.69 Å². The summed E-state index contributed by atoms with van der Waals surface area (Å²) in [5, 5.41) is 1.76. The van der Waals surface area contributed by atoms with Crippen molar-refractivity contribution in [3.63, 3.8) is 0 Å². The largest absolute Gasteiger partial charge is 0.494 e. The van der Waals surface area contributed by atoms with Crippen LogP contribution in [0.1, 0.15) is 47.2 Å². The molecule has 0 aliphatic carbocycles. The van der Waals surface area contributed by atoms with Crippen LogP contribution in [0.25, 0.3) is 10.9 Å². The fourth-order valence-electron chi connectivity index (χ4n) is 3.06. The van der Waals surface area contributed by atoms with Gasteiger partial charge in [-0.25, -0.2) is 4.98 Å². The summed E-state index contributed by atoms with van der Waals surface area (Å²) in [6.45, 7) is 14.1. The van der Waals surface area contributed by atoms with Crippen molar-refractivity contribution in [2.45, 2.75) is 58.0 Å². The van der Waals surface area contributed by atoms with Crippen LogP contribution >= 0.6 is 7.92 Å². The molecule has 2 aromatic rings. The van der Waals surface area contributed by atoms with Crippen LogP contribution in [0.2, 0.25) is 0 Å². The third-order valence-electron chi connectivity index (χ3n) is 3.90. The minimum atomic E-state index is -0.192. The average Bonchev–Trinajstić information content (AvgIpc) is 2.41. The molecule has 0 atom stereocenters. The Labute approximate surface area is 136 Å². The Balaban J connectivity index is 2.42. The Hall–Kier alpha value is -1.14. The molecule has 1 heterocycles.